The number of piperidine rings is 3. The zero-order valence-corrected chi connectivity index (χ0v) is 67.6. The first-order valence-corrected chi connectivity index (χ1v) is 39.3. The van der Waals surface area contributed by atoms with Gasteiger partial charge in [0.15, 0.2) is 0 Å². The number of ether oxygens (including phenoxy) is 5. The molecule has 5 amide bonds. The van der Waals surface area contributed by atoms with Crippen LogP contribution in [0, 0.1) is 20.8 Å². The fraction of sp³-hybridized carbons (Fsp3) is 0.418. The smallest absolute Gasteiger partial charge is 0.416 e. The third-order valence-electron chi connectivity index (χ3n) is 23.7. The van der Waals surface area contributed by atoms with Crippen molar-refractivity contribution in [3.63, 3.8) is 0 Å². The molecule has 17 nitrogen and oxygen atoms in total. The Kier molecular flexibility index (Phi) is 28.9. The number of hydrogen-bond acceptors (Lipinski definition) is 11. The minimum atomic E-state index is -4.48. The summed E-state index contributed by atoms with van der Waals surface area (Å²) < 4.78 is 152. The maximum absolute atomic E-state index is 13.9. The van der Waals surface area contributed by atoms with Gasteiger partial charge in [0, 0.05) is 38.9 Å². The molecular formula is C91H102ClF9N6O11. The molecule has 0 unspecified atom stereocenters. The molecular weight excluding hydrogens is 1560 g/mol. The van der Waals surface area contributed by atoms with Crippen LogP contribution in [0.4, 0.5) is 49.1 Å². The van der Waals surface area contributed by atoms with Gasteiger partial charge in [-0.1, -0.05) is 187 Å². The Bertz CT molecular complexity index is 4520. The lowest BCUT2D eigenvalue weighted by atomic mass is 9.74. The van der Waals surface area contributed by atoms with Gasteiger partial charge in [-0.3, -0.25) is 24.2 Å². The SMILES string of the molecule is Cc1cc([C@@H](C)OC[C@@]2(c3ccccc3)CC[C@]3(CCC(=O)N3)CN2)cc(C(F)(F)F)c1.Cc1cc([C@@H](C)OC[C@@]2(c3ccccc3)CC[C@]3(CCC(=O)N3)CN2C(=O)OCc2ccccc2)cc(C(F)(F)F)c1.Cc1cc([C@@H](C)OC[C@@]2(c3ccccc3)CC[C@]3(CCC(=O)N3)CN2C(=O)OCc2ccccc2)cc(C(F)(F)F)c1.Cl.O. The van der Waals surface area contributed by atoms with E-state index in [1.807, 2.05) is 152 Å². The number of hydrogen-bond donors (Lipinski definition) is 4. The van der Waals surface area contributed by atoms with Crippen molar-refractivity contribution in [1.82, 2.24) is 31.1 Å². The summed E-state index contributed by atoms with van der Waals surface area (Å²) >= 11 is 0. The van der Waals surface area contributed by atoms with Crippen LogP contribution in [0.1, 0.15) is 194 Å². The van der Waals surface area contributed by atoms with E-state index in [0.29, 0.717) is 104 Å². The fourth-order valence-electron chi connectivity index (χ4n) is 17.0. The van der Waals surface area contributed by atoms with Crippen LogP contribution in [0.3, 0.4) is 0 Å². The molecule has 3 spiro atoms. The van der Waals surface area contributed by atoms with Gasteiger partial charge in [0.25, 0.3) is 0 Å². The van der Waals surface area contributed by atoms with Crippen LogP contribution in [0.25, 0.3) is 0 Å². The summed E-state index contributed by atoms with van der Waals surface area (Å²) in [6.07, 6.45) is -9.28. The molecule has 6 aliphatic heterocycles. The van der Waals surface area contributed by atoms with Gasteiger partial charge in [0.2, 0.25) is 17.7 Å². The molecule has 27 heteroatoms. The minimum Gasteiger partial charge on any atom is -0.445 e. The highest BCUT2D eigenvalue weighted by Gasteiger charge is 2.56. The Balaban J connectivity index is 0.000000187. The molecule has 6 N–H and O–H groups in total. The van der Waals surface area contributed by atoms with Crippen LogP contribution in [-0.4, -0.2) is 101 Å². The number of alkyl halides is 9. The second-order valence-electron chi connectivity index (χ2n) is 32.1. The van der Waals surface area contributed by atoms with E-state index in [-0.39, 0.29) is 80.7 Å². The molecule has 6 aliphatic rings. The van der Waals surface area contributed by atoms with Crippen molar-refractivity contribution in [3.8, 4) is 0 Å². The van der Waals surface area contributed by atoms with Crippen molar-refractivity contribution in [2.24, 2.45) is 0 Å². The van der Waals surface area contributed by atoms with E-state index < -0.39 is 93.4 Å². The molecule has 0 radical (unpaired) electrons. The van der Waals surface area contributed by atoms with Crippen molar-refractivity contribution < 1.29 is 92.6 Å². The number of carbonyl (C=O) groups is 5. The number of rotatable bonds is 19. The number of likely N-dealkylation sites (tertiary alicyclic amines) is 2. The Morgan fingerprint density at radius 1 is 0.398 bits per heavy atom. The Morgan fingerprint density at radius 2 is 0.703 bits per heavy atom. The maximum Gasteiger partial charge on any atom is 0.416 e. The Hall–Kier alpha value is -9.83. The molecule has 8 aromatic rings. The number of halogens is 10. The lowest BCUT2D eigenvalue weighted by Crippen LogP contribution is -2.65. The third-order valence-corrected chi connectivity index (χ3v) is 23.7. The van der Waals surface area contributed by atoms with E-state index in [0.717, 1.165) is 77.4 Å². The summed E-state index contributed by atoms with van der Waals surface area (Å²) in [4.78, 5) is 67.5. The highest BCUT2D eigenvalue weighted by atomic mass is 35.5. The summed E-state index contributed by atoms with van der Waals surface area (Å²) in [6, 6.07) is 59.6. The van der Waals surface area contributed by atoms with Crippen LogP contribution in [-0.2, 0) is 86.4 Å². The summed E-state index contributed by atoms with van der Waals surface area (Å²) in [7, 11) is 0. The zero-order chi connectivity index (χ0) is 82.9. The van der Waals surface area contributed by atoms with Gasteiger partial charge in [-0.25, -0.2) is 9.59 Å². The number of benzene rings is 8. The largest absolute Gasteiger partial charge is 0.445 e. The molecule has 6 saturated heterocycles. The van der Waals surface area contributed by atoms with E-state index in [1.165, 1.54) is 6.07 Å². The highest BCUT2D eigenvalue weighted by molar-refractivity contribution is 5.85. The molecule has 118 heavy (non-hydrogen) atoms. The molecule has 14 rings (SSSR count). The third kappa shape index (κ3) is 21.6. The van der Waals surface area contributed by atoms with Gasteiger partial charge >= 0.3 is 30.7 Å². The molecule has 6 fully saturated rings. The normalized spacial score (nSPS) is 23.7. The molecule has 0 aliphatic carbocycles. The van der Waals surface area contributed by atoms with E-state index in [4.69, 9.17) is 23.7 Å². The van der Waals surface area contributed by atoms with Gasteiger partial charge in [0.05, 0.1) is 88.1 Å². The van der Waals surface area contributed by atoms with Crippen molar-refractivity contribution in [2.75, 3.05) is 39.5 Å². The van der Waals surface area contributed by atoms with Crippen LogP contribution in [0.15, 0.2) is 206 Å². The van der Waals surface area contributed by atoms with Gasteiger partial charge < -0.3 is 50.4 Å². The second kappa shape index (κ2) is 37.6. The number of aryl methyl sites for hydroxylation is 3. The van der Waals surface area contributed by atoms with Crippen LogP contribution in [0.5, 0.6) is 0 Å². The summed E-state index contributed by atoms with van der Waals surface area (Å²) in [5, 5.41) is 13.0. The van der Waals surface area contributed by atoms with Gasteiger partial charge in [0.1, 0.15) is 13.2 Å². The van der Waals surface area contributed by atoms with Crippen LogP contribution >= 0.6 is 12.4 Å². The fourth-order valence-corrected chi connectivity index (χ4v) is 17.0. The minimum absolute atomic E-state index is 0. The molecule has 632 valence electrons. The molecule has 9 atom stereocenters. The number of nitrogens with one attached hydrogen (secondary N) is 4. The van der Waals surface area contributed by atoms with Gasteiger partial charge in [-0.05, 0) is 180 Å². The van der Waals surface area contributed by atoms with Gasteiger partial charge in [-0.2, -0.15) is 39.5 Å². The zero-order valence-electron chi connectivity index (χ0n) is 66.8. The number of nitrogens with zero attached hydrogens (tertiary/aromatic N) is 2. The number of amides is 5. The van der Waals surface area contributed by atoms with E-state index >= 15 is 0 Å². The van der Waals surface area contributed by atoms with Crippen molar-refractivity contribution in [3.05, 3.63) is 284 Å². The van der Waals surface area contributed by atoms with Crippen molar-refractivity contribution >= 4 is 42.3 Å². The van der Waals surface area contributed by atoms with E-state index in [2.05, 4.69) is 21.3 Å². The molecule has 8 aromatic carbocycles. The lowest BCUT2D eigenvalue weighted by Gasteiger charge is -2.52. The molecule has 0 aromatic heterocycles. The predicted octanol–water partition coefficient (Wildman–Crippen LogP) is 18.8. The molecule has 6 heterocycles. The highest BCUT2D eigenvalue weighted by Crippen LogP contribution is 2.49. The molecule has 0 saturated carbocycles. The Labute approximate surface area is 688 Å². The first-order valence-electron chi connectivity index (χ1n) is 39.3. The van der Waals surface area contributed by atoms with E-state index in [9.17, 15) is 63.5 Å². The van der Waals surface area contributed by atoms with Gasteiger partial charge in [-0.15, -0.1) is 12.4 Å². The lowest BCUT2D eigenvalue weighted by molar-refractivity contribution is -0.138. The summed E-state index contributed by atoms with van der Waals surface area (Å²) in [5.74, 6) is -0.0157. The quantitative estimate of drug-likeness (QED) is 0.0558. The Morgan fingerprint density at radius 3 is 1.01 bits per heavy atom. The standard InChI is InChI=1S/2C33H35F3N2O4.C25H29F3N2O2.ClH.H2O/c2*1-23-17-26(19-28(18-23)33(34,35)36)24(2)42-22-32(27-11-7-4-8-12-27)16-15-31(14-13-29(39)37-31)21-38(32)30(40)41-20-25-9-5-3-6-10-25;1-17-12-19(14-21(13-17)25(26,27)28)18(2)32-16-24(20-6-4-3-5-7-20)11-10-23(15-29-24)9-8-22(31)30-23;;/h2*3-12,17-19,24H,13-16,20-22H2,1-2H3,(H,37,39);3-7,12-14,18,29H,8-11,15-16H2,1-2H3,(H,30,31);1H;1H2/t2*24-,31-,32-;18-,23-,24-;;/m111../s1. The van der Waals surface area contributed by atoms with E-state index in [1.54, 1.807) is 69.5 Å². The second-order valence-corrected chi connectivity index (χ2v) is 32.1. The first kappa shape index (κ1) is 90.5. The van der Waals surface area contributed by atoms with Crippen LogP contribution < -0.4 is 21.3 Å². The summed E-state index contributed by atoms with van der Waals surface area (Å²) in [6.45, 7) is 11.7. The monoisotopic (exact) mass is 1660 g/mol. The number of carbonyl (C=O) groups excluding carboxylic acids is 5. The summed E-state index contributed by atoms with van der Waals surface area (Å²) in [5.41, 5.74) is 1.32. The average Bonchev–Trinajstić information content (AvgIpc) is 1.29. The first-order chi connectivity index (χ1) is 55.1. The predicted molar refractivity (Wildman–Crippen MR) is 430 cm³/mol. The van der Waals surface area contributed by atoms with Crippen molar-refractivity contribution in [2.45, 2.75) is 202 Å². The molecule has 0 bridgehead atoms. The van der Waals surface area contributed by atoms with Crippen LogP contribution in [0.2, 0.25) is 0 Å². The topological polar surface area (TPSA) is 218 Å². The van der Waals surface area contributed by atoms with Crippen molar-refractivity contribution in [1.29, 1.82) is 0 Å². The maximum atomic E-state index is 13.9. The average molecular weight is 1660 g/mol.